The highest BCUT2D eigenvalue weighted by Crippen LogP contribution is 2.15. The molecule has 0 aromatic rings. The van der Waals surface area contributed by atoms with Gasteiger partial charge in [-0.15, -0.1) is 11.6 Å². The Bertz CT molecular complexity index is 106. The SMILES string of the molecule is [O]C(CCCl)OCC(F)(F)F. The molecule has 0 aromatic heterocycles. The monoisotopic (exact) mass is 191 g/mol. The fourth-order valence-corrected chi connectivity index (χ4v) is 0.538. The first-order valence-corrected chi connectivity index (χ1v) is 3.39. The molecule has 0 fully saturated rings. The molecule has 11 heavy (non-hydrogen) atoms. The van der Waals surface area contributed by atoms with Crippen molar-refractivity contribution in [1.82, 2.24) is 0 Å². The van der Waals surface area contributed by atoms with E-state index in [1.807, 2.05) is 0 Å². The molecule has 6 heteroatoms. The molecule has 0 N–H and O–H groups in total. The highest BCUT2D eigenvalue weighted by molar-refractivity contribution is 6.17. The Hall–Kier alpha value is -0.0000000000000000555. The van der Waals surface area contributed by atoms with Gasteiger partial charge in [0.25, 0.3) is 0 Å². The van der Waals surface area contributed by atoms with Crippen LogP contribution in [0, 0.1) is 0 Å². The Kier molecular flexibility index (Phi) is 4.79. The maximum absolute atomic E-state index is 11.4. The number of ether oxygens (including phenoxy) is 1. The topological polar surface area (TPSA) is 29.1 Å². The molecule has 2 nitrogen and oxygen atoms in total. The lowest BCUT2D eigenvalue weighted by atomic mass is 10.5. The molecule has 0 rings (SSSR count). The zero-order valence-corrected chi connectivity index (χ0v) is 6.28. The number of alkyl halides is 4. The predicted octanol–water partition coefficient (Wildman–Crippen LogP) is 1.95. The molecule has 67 valence electrons. The average Bonchev–Trinajstić information content (AvgIpc) is 1.83. The first kappa shape index (κ1) is 11.0. The summed E-state index contributed by atoms with van der Waals surface area (Å²) in [7, 11) is 0. The minimum absolute atomic E-state index is 0.00598. The maximum atomic E-state index is 11.4. The lowest BCUT2D eigenvalue weighted by Gasteiger charge is -2.10. The Labute approximate surface area is 66.9 Å². The van der Waals surface area contributed by atoms with Crippen molar-refractivity contribution >= 4 is 11.6 Å². The Morgan fingerprint density at radius 1 is 1.45 bits per heavy atom. The van der Waals surface area contributed by atoms with Crippen LogP contribution in [0.15, 0.2) is 0 Å². The molecular weight excluding hydrogens is 184 g/mol. The summed E-state index contributed by atoms with van der Waals surface area (Å²) >= 11 is 5.09. The van der Waals surface area contributed by atoms with Crippen LogP contribution in [0.25, 0.3) is 0 Å². The molecular formula is C5H7ClF3O2. The highest BCUT2D eigenvalue weighted by Gasteiger charge is 2.28. The molecule has 0 aliphatic heterocycles. The third-order valence-corrected chi connectivity index (χ3v) is 0.996. The minimum atomic E-state index is -4.44. The third-order valence-electron chi connectivity index (χ3n) is 0.778. The summed E-state index contributed by atoms with van der Waals surface area (Å²) < 4.78 is 38.0. The number of halogens is 4. The number of hydrogen-bond acceptors (Lipinski definition) is 1. The summed E-state index contributed by atoms with van der Waals surface area (Å²) in [6, 6.07) is 0. The van der Waals surface area contributed by atoms with E-state index in [-0.39, 0.29) is 12.3 Å². The smallest absolute Gasteiger partial charge is 0.340 e. The Morgan fingerprint density at radius 2 is 2.00 bits per heavy atom. The van der Waals surface area contributed by atoms with E-state index >= 15 is 0 Å². The first-order valence-electron chi connectivity index (χ1n) is 2.86. The second kappa shape index (κ2) is 4.79. The summed E-state index contributed by atoms with van der Waals surface area (Å²) in [5, 5.41) is 10.4. The van der Waals surface area contributed by atoms with Crippen LogP contribution in [-0.2, 0) is 9.84 Å². The molecule has 0 heterocycles. The van der Waals surface area contributed by atoms with Crippen LogP contribution in [0.5, 0.6) is 0 Å². The summed E-state index contributed by atoms with van der Waals surface area (Å²) in [5.41, 5.74) is 0. The summed E-state index contributed by atoms with van der Waals surface area (Å²) in [6.07, 6.45) is -6.22. The standard InChI is InChI=1S/C5H7ClF3O2/c6-2-1-4(10)11-3-5(7,8)9/h4H,1-3H2. The van der Waals surface area contributed by atoms with Gasteiger partial charge in [-0.25, -0.2) is 5.11 Å². The lowest BCUT2D eigenvalue weighted by molar-refractivity contribution is -0.230. The number of hydrogen-bond donors (Lipinski definition) is 0. The van der Waals surface area contributed by atoms with E-state index in [1.165, 1.54) is 0 Å². The van der Waals surface area contributed by atoms with Gasteiger partial charge in [0.1, 0.15) is 6.61 Å². The molecule has 0 bridgehead atoms. The van der Waals surface area contributed by atoms with Gasteiger partial charge in [-0.1, -0.05) is 0 Å². The second-order valence-electron chi connectivity index (χ2n) is 1.83. The van der Waals surface area contributed by atoms with Gasteiger partial charge in [0.05, 0.1) is 0 Å². The molecule has 0 saturated heterocycles. The largest absolute Gasteiger partial charge is 0.411 e. The van der Waals surface area contributed by atoms with Gasteiger partial charge in [-0.2, -0.15) is 13.2 Å². The molecule has 0 aliphatic carbocycles. The molecule has 0 amide bonds. The van der Waals surface area contributed by atoms with Crippen molar-refractivity contribution < 1.29 is 23.0 Å². The molecule has 0 aromatic carbocycles. The fraction of sp³-hybridized carbons (Fsp3) is 1.00. The lowest BCUT2D eigenvalue weighted by Crippen LogP contribution is -2.22. The Balaban J connectivity index is 3.38. The van der Waals surface area contributed by atoms with Crippen LogP contribution < -0.4 is 0 Å². The predicted molar refractivity (Wildman–Crippen MR) is 31.8 cm³/mol. The van der Waals surface area contributed by atoms with Crippen LogP contribution in [0.3, 0.4) is 0 Å². The van der Waals surface area contributed by atoms with Crippen molar-refractivity contribution in [3.8, 4) is 0 Å². The van der Waals surface area contributed by atoms with Crippen molar-refractivity contribution in [2.75, 3.05) is 12.5 Å². The molecule has 0 aliphatic rings. The normalized spacial score (nSPS) is 15.0. The Morgan fingerprint density at radius 3 is 2.36 bits per heavy atom. The number of rotatable bonds is 4. The maximum Gasteiger partial charge on any atom is 0.411 e. The van der Waals surface area contributed by atoms with Crippen LogP contribution >= 0.6 is 11.6 Å². The zero-order valence-electron chi connectivity index (χ0n) is 5.53. The van der Waals surface area contributed by atoms with E-state index in [0.29, 0.717) is 0 Å². The van der Waals surface area contributed by atoms with Gasteiger partial charge in [-0.05, 0) is 0 Å². The van der Waals surface area contributed by atoms with Crippen molar-refractivity contribution in [2.45, 2.75) is 18.9 Å². The van der Waals surface area contributed by atoms with E-state index in [2.05, 4.69) is 4.74 Å². The van der Waals surface area contributed by atoms with Crippen molar-refractivity contribution in [3.63, 3.8) is 0 Å². The van der Waals surface area contributed by atoms with Crippen LogP contribution in [0.2, 0.25) is 0 Å². The van der Waals surface area contributed by atoms with Gasteiger partial charge in [0.15, 0.2) is 6.29 Å². The molecule has 1 radical (unpaired) electrons. The average molecular weight is 192 g/mol. The van der Waals surface area contributed by atoms with E-state index in [4.69, 9.17) is 11.6 Å². The van der Waals surface area contributed by atoms with Crippen LogP contribution in [0.4, 0.5) is 13.2 Å². The van der Waals surface area contributed by atoms with Gasteiger partial charge in [0.2, 0.25) is 0 Å². The summed E-state index contributed by atoms with van der Waals surface area (Å²) in [4.78, 5) is 0. The van der Waals surface area contributed by atoms with E-state index < -0.39 is 19.1 Å². The molecule has 0 saturated carbocycles. The van der Waals surface area contributed by atoms with Crippen molar-refractivity contribution in [1.29, 1.82) is 0 Å². The van der Waals surface area contributed by atoms with Gasteiger partial charge in [0, 0.05) is 12.3 Å². The quantitative estimate of drug-likeness (QED) is 0.493. The van der Waals surface area contributed by atoms with Crippen molar-refractivity contribution in [3.05, 3.63) is 0 Å². The van der Waals surface area contributed by atoms with E-state index in [1.54, 1.807) is 0 Å². The van der Waals surface area contributed by atoms with Gasteiger partial charge < -0.3 is 4.74 Å². The van der Waals surface area contributed by atoms with E-state index in [9.17, 15) is 18.3 Å². The summed E-state index contributed by atoms with van der Waals surface area (Å²) in [6.45, 7) is -1.50. The summed E-state index contributed by atoms with van der Waals surface area (Å²) in [5.74, 6) is 0.00598. The van der Waals surface area contributed by atoms with Crippen LogP contribution in [0.1, 0.15) is 6.42 Å². The fourth-order valence-electron chi connectivity index (χ4n) is 0.360. The van der Waals surface area contributed by atoms with E-state index in [0.717, 1.165) is 0 Å². The van der Waals surface area contributed by atoms with Crippen LogP contribution in [-0.4, -0.2) is 25.0 Å². The molecule has 1 atom stereocenters. The minimum Gasteiger partial charge on any atom is -0.340 e. The highest BCUT2D eigenvalue weighted by atomic mass is 35.5. The zero-order chi connectivity index (χ0) is 8.91. The molecule has 0 spiro atoms. The first-order chi connectivity index (χ1) is 4.95. The second-order valence-corrected chi connectivity index (χ2v) is 2.21. The van der Waals surface area contributed by atoms with Gasteiger partial charge >= 0.3 is 6.18 Å². The van der Waals surface area contributed by atoms with Gasteiger partial charge in [-0.3, -0.25) is 0 Å². The third kappa shape index (κ3) is 7.90. The molecule has 1 unspecified atom stereocenters. The van der Waals surface area contributed by atoms with Crippen molar-refractivity contribution in [2.24, 2.45) is 0 Å².